The van der Waals surface area contributed by atoms with Crippen molar-refractivity contribution in [3.8, 4) is 11.6 Å². The monoisotopic (exact) mass is 494 g/mol. The molecule has 0 aliphatic heterocycles. The minimum Gasteiger partial charge on any atom is -0.461 e. The van der Waals surface area contributed by atoms with Crippen molar-refractivity contribution in [3.63, 3.8) is 0 Å². The first-order chi connectivity index (χ1) is 17.7. The van der Waals surface area contributed by atoms with Gasteiger partial charge in [-0.15, -0.1) is 10.2 Å². The number of anilines is 1. The van der Waals surface area contributed by atoms with E-state index >= 15 is 0 Å². The molecule has 0 atom stereocenters. The van der Waals surface area contributed by atoms with E-state index in [4.69, 9.17) is 4.42 Å². The summed E-state index contributed by atoms with van der Waals surface area (Å²) in [6, 6.07) is 29.6. The van der Waals surface area contributed by atoms with Crippen molar-refractivity contribution >= 4 is 29.1 Å². The summed E-state index contributed by atoms with van der Waals surface area (Å²) in [6.07, 6.45) is 1.59. The smallest absolute Gasteiger partial charge is 0.234 e. The number of thioether (sulfide) groups is 1. The third kappa shape index (κ3) is 5.45. The molecule has 2 aromatic heterocycles. The second kappa shape index (κ2) is 10.9. The van der Waals surface area contributed by atoms with Crippen molar-refractivity contribution in [2.45, 2.75) is 11.7 Å². The molecule has 0 spiro atoms. The lowest BCUT2D eigenvalue weighted by atomic mass is 10.0. The van der Waals surface area contributed by atoms with Gasteiger partial charge in [0.05, 0.1) is 18.6 Å². The highest BCUT2D eigenvalue weighted by atomic mass is 32.2. The van der Waals surface area contributed by atoms with Gasteiger partial charge in [-0.1, -0.05) is 84.6 Å². The molecule has 0 saturated carbocycles. The summed E-state index contributed by atoms with van der Waals surface area (Å²) in [7, 11) is 0. The minimum absolute atomic E-state index is 0.0967. The van der Waals surface area contributed by atoms with Crippen LogP contribution in [0.4, 0.5) is 5.69 Å². The third-order valence-corrected chi connectivity index (χ3v) is 6.39. The Morgan fingerprint density at radius 1 is 0.833 bits per heavy atom. The van der Waals surface area contributed by atoms with E-state index in [1.54, 1.807) is 48.7 Å². The topological polar surface area (TPSA) is 90.0 Å². The number of amides is 1. The average Bonchev–Trinajstić information content (AvgIpc) is 3.58. The Balaban J connectivity index is 1.28. The van der Waals surface area contributed by atoms with Crippen LogP contribution in [0.2, 0.25) is 0 Å². The molecule has 1 N–H and O–H groups in total. The molecule has 0 radical (unpaired) electrons. The molecule has 0 unspecified atom stereocenters. The first kappa shape index (κ1) is 23.3. The molecule has 0 aliphatic carbocycles. The second-order valence-corrected chi connectivity index (χ2v) is 8.91. The molecule has 3 aromatic carbocycles. The Labute approximate surface area is 212 Å². The van der Waals surface area contributed by atoms with Crippen molar-refractivity contribution < 1.29 is 14.0 Å². The zero-order valence-electron chi connectivity index (χ0n) is 19.2. The van der Waals surface area contributed by atoms with Crippen molar-refractivity contribution in [1.82, 2.24) is 14.8 Å². The molecule has 36 heavy (non-hydrogen) atoms. The van der Waals surface area contributed by atoms with Crippen LogP contribution in [0.15, 0.2) is 113 Å². The number of rotatable bonds is 9. The van der Waals surface area contributed by atoms with E-state index in [-0.39, 0.29) is 17.4 Å². The van der Waals surface area contributed by atoms with Crippen molar-refractivity contribution in [1.29, 1.82) is 0 Å². The van der Waals surface area contributed by atoms with Crippen LogP contribution in [0.3, 0.4) is 0 Å². The number of ketones is 1. The number of furan rings is 1. The van der Waals surface area contributed by atoms with Gasteiger partial charge in [-0.3, -0.25) is 14.2 Å². The Hall–Kier alpha value is -4.43. The van der Waals surface area contributed by atoms with Gasteiger partial charge in [0, 0.05) is 16.8 Å². The Kier molecular flexibility index (Phi) is 7.05. The predicted molar refractivity (Wildman–Crippen MR) is 139 cm³/mol. The fourth-order valence-electron chi connectivity index (χ4n) is 3.71. The molecule has 0 fully saturated rings. The van der Waals surface area contributed by atoms with Crippen molar-refractivity contribution in [3.05, 3.63) is 120 Å². The molecule has 7 nitrogen and oxygen atoms in total. The first-order valence-electron chi connectivity index (χ1n) is 11.3. The van der Waals surface area contributed by atoms with Crippen LogP contribution in [-0.4, -0.2) is 32.2 Å². The molecule has 8 heteroatoms. The Bertz CT molecular complexity index is 1470. The fraction of sp³-hybridized carbons (Fsp3) is 0.0714. The van der Waals surface area contributed by atoms with Crippen LogP contribution in [0.1, 0.15) is 21.5 Å². The Morgan fingerprint density at radius 3 is 2.33 bits per heavy atom. The first-order valence-corrected chi connectivity index (χ1v) is 12.3. The van der Waals surface area contributed by atoms with Gasteiger partial charge in [0.25, 0.3) is 0 Å². The molecule has 0 saturated heterocycles. The van der Waals surface area contributed by atoms with Crippen LogP contribution in [0.25, 0.3) is 11.6 Å². The third-order valence-electron chi connectivity index (χ3n) is 5.42. The van der Waals surface area contributed by atoms with Gasteiger partial charge in [0.15, 0.2) is 16.7 Å². The average molecular weight is 495 g/mol. The van der Waals surface area contributed by atoms with Crippen LogP contribution < -0.4 is 5.32 Å². The SMILES string of the molecule is O=C(CSc1nnc(-c2ccco2)n1Cc1ccccc1)Nc1cccc(C(=O)c2ccccc2)c1. The van der Waals surface area contributed by atoms with E-state index in [2.05, 4.69) is 15.5 Å². The second-order valence-electron chi connectivity index (χ2n) is 7.97. The summed E-state index contributed by atoms with van der Waals surface area (Å²) in [5.41, 5.74) is 2.75. The molecule has 2 heterocycles. The zero-order chi connectivity index (χ0) is 24.7. The molecule has 1 amide bonds. The highest BCUT2D eigenvalue weighted by molar-refractivity contribution is 7.99. The lowest BCUT2D eigenvalue weighted by molar-refractivity contribution is -0.113. The maximum absolute atomic E-state index is 12.7. The van der Waals surface area contributed by atoms with E-state index in [9.17, 15) is 9.59 Å². The van der Waals surface area contributed by atoms with Gasteiger partial charge in [0.2, 0.25) is 11.7 Å². The van der Waals surface area contributed by atoms with Gasteiger partial charge >= 0.3 is 0 Å². The summed E-state index contributed by atoms with van der Waals surface area (Å²) < 4.78 is 7.47. The molecular formula is C28H22N4O3S. The van der Waals surface area contributed by atoms with Crippen LogP contribution in [0, 0.1) is 0 Å². The van der Waals surface area contributed by atoms with Gasteiger partial charge in [-0.05, 0) is 29.8 Å². The number of benzene rings is 3. The normalized spacial score (nSPS) is 10.8. The van der Waals surface area contributed by atoms with E-state index in [0.29, 0.717) is 40.1 Å². The van der Waals surface area contributed by atoms with Crippen molar-refractivity contribution in [2.75, 3.05) is 11.1 Å². The highest BCUT2D eigenvalue weighted by Gasteiger charge is 2.18. The van der Waals surface area contributed by atoms with Gasteiger partial charge in [-0.2, -0.15) is 0 Å². The number of carbonyl (C=O) groups is 2. The molecule has 5 rings (SSSR count). The fourth-order valence-corrected chi connectivity index (χ4v) is 4.45. The maximum atomic E-state index is 12.7. The predicted octanol–water partition coefficient (Wildman–Crippen LogP) is 5.55. The van der Waals surface area contributed by atoms with Gasteiger partial charge in [-0.25, -0.2) is 0 Å². The summed E-state index contributed by atoms with van der Waals surface area (Å²) in [4.78, 5) is 25.5. The van der Waals surface area contributed by atoms with Gasteiger partial charge < -0.3 is 9.73 Å². The molecular weight excluding hydrogens is 472 g/mol. The largest absolute Gasteiger partial charge is 0.461 e. The summed E-state index contributed by atoms with van der Waals surface area (Å²) in [5, 5.41) is 12.1. The molecule has 0 bridgehead atoms. The number of aromatic nitrogens is 3. The molecule has 0 aliphatic rings. The number of nitrogens with zero attached hydrogens (tertiary/aromatic N) is 3. The van der Waals surface area contributed by atoms with E-state index in [1.807, 2.05) is 59.2 Å². The Morgan fingerprint density at radius 2 is 1.58 bits per heavy atom. The van der Waals surface area contributed by atoms with Gasteiger partial charge in [0.1, 0.15) is 0 Å². The quantitative estimate of drug-likeness (QED) is 0.214. The summed E-state index contributed by atoms with van der Waals surface area (Å²) >= 11 is 1.29. The van der Waals surface area contributed by atoms with E-state index < -0.39 is 0 Å². The number of hydrogen-bond acceptors (Lipinski definition) is 6. The van der Waals surface area contributed by atoms with E-state index in [1.165, 1.54) is 11.8 Å². The summed E-state index contributed by atoms with van der Waals surface area (Å²) in [6.45, 7) is 0.539. The standard InChI is InChI=1S/C28H22N4O3S/c33-25(29-23-14-7-13-22(17-23)26(34)21-11-5-2-6-12-21)19-36-28-31-30-27(24-15-8-16-35-24)32(28)18-20-9-3-1-4-10-20/h1-17H,18-19H2,(H,29,33). The summed E-state index contributed by atoms with van der Waals surface area (Å²) in [5.74, 6) is 1.02. The molecule has 178 valence electrons. The highest BCUT2D eigenvalue weighted by Crippen LogP contribution is 2.26. The molecule has 5 aromatic rings. The lowest BCUT2D eigenvalue weighted by Crippen LogP contribution is -2.15. The number of nitrogens with one attached hydrogen (secondary N) is 1. The number of carbonyl (C=O) groups excluding carboxylic acids is 2. The number of hydrogen-bond donors (Lipinski definition) is 1. The minimum atomic E-state index is -0.210. The van der Waals surface area contributed by atoms with E-state index in [0.717, 1.165) is 5.56 Å². The van der Waals surface area contributed by atoms with Crippen molar-refractivity contribution in [2.24, 2.45) is 0 Å². The lowest BCUT2D eigenvalue weighted by Gasteiger charge is -2.10. The maximum Gasteiger partial charge on any atom is 0.234 e. The zero-order valence-corrected chi connectivity index (χ0v) is 20.0. The van der Waals surface area contributed by atoms with Crippen LogP contribution in [-0.2, 0) is 11.3 Å². The van der Waals surface area contributed by atoms with Crippen LogP contribution in [0.5, 0.6) is 0 Å². The van der Waals surface area contributed by atoms with Crippen LogP contribution >= 0.6 is 11.8 Å².